The Morgan fingerprint density at radius 2 is 1.90 bits per heavy atom. The average molecular weight is 438 g/mol. The van der Waals surface area contributed by atoms with E-state index in [-0.39, 0.29) is 30.4 Å². The van der Waals surface area contributed by atoms with Crippen LogP contribution in [0, 0.1) is 12.7 Å². The number of pyridine rings is 1. The molecule has 31 heavy (non-hydrogen) atoms. The van der Waals surface area contributed by atoms with Crippen LogP contribution in [0.3, 0.4) is 0 Å². The first-order valence-corrected chi connectivity index (χ1v) is 10.3. The predicted molar refractivity (Wildman–Crippen MR) is 117 cm³/mol. The number of nitrogens with zero attached hydrogens (tertiary/aromatic N) is 1. The number of ether oxygens (including phenoxy) is 2. The number of benzene rings is 2. The van der Waals surface area contributed by atoms with E-state index in [0.29, 0.717) is 21.6 Å². The first-order chi connectivity index (χ1) is 14.9. The highest BCUT2D eigenvalue weighted by atomic mass is 32.1. The highest BCUT2D eigenvalue weighted by Gasteiger charge is 2.17. The number of carboxylic acids is 1. The number of aromatic carboxylic acids is 1. The van der Waals surface area contributed by atoms with Crippen molar-refractivity contribution in [3.8, 4) is 11.5 Å². The zero-order valence-corrected chi connectivity index (χ0v) is 17.4. The molecule has 0 atom stereocenters. The maximum atomic E-state index is 13.3. The lowest BCUT2D eigenvalue weighted by Gasteiger charge is -2.11. The number of fused-ring (bicyclic) bond motifs is 1. The van der Waals surface area contributed by atoms with Gasteiger partial charge in [0.25, 0.3) is 0 Å². The Balaban J connectivity index is 1.51. The van der Waals surface area contributed by atoms with Crippen molar-refractivity contribution in [2.75, 3.05) is 5.73 Å². The van der Waals surface area contributed by atoms with Crippen molar-refractivity contribution in [1.29, 1.82) is 0 Å². The van der Waals surface area contributed by atoms with Crippen LogP contribution in [-0.2, 0) is 13.2 Å². The Morgan fingerprint density at radius 1 is 1.16 bits per heavy atom. The Kier molecular flexibility index (Phi) is 5.73. The standard InChI is InChI=1S/C23H19FN2O4S/c1-13-5-17(29-10-14-3-2-4-16(24)7-14)8-18(6-13)30-11-15-12-31-21-19(23(27)28)9-26-22(25)20(15)21/h2-9,12H,10-11H2,1H3,(H2,25,26)(H,27,28). The lowest BCUT2D eigenvalue weighted by atomic mass is 10.1. The van der Waals surface area contributed by atoms with E-state index < -0.39 is 5.97 Å². The summed E-state index contributed by atoms with van der Waals surface area (Å²) in [5, 5.41) is 11.8. The van der Waals surface area contributed by atoms with E-state index in [1.165, 1.54) is 29.7 Å². The molecule has 158 valence electrons. The molecule has 0 spiro atoms. The molecule has 0 saturated heterocycles. The van der Waals surface area contributed by atoms with Crippen LogP contribution in [0.25, 0.3) is 10.1 Å². The highest BCUT2D eigenvalue weighted by molar-refractivity contribution is 7.17. The summed E-state index contributed by atoms with van der Waals surface area (Å²) in [7, 11) is 0. The number of nitrogen functional groups attached to an aromatic ring is 1. The molecule has 4 rings (SSSR count). The highest BCUT2D eigenvalue weighted by Crippen LogP contribution is 2.33. The molecule has 0 radical (unpaired) electrons. The van der Waals surface area contributed by atoms with Gasteiger partial charge in [-0.05, 0) is 47.7 Å². The second kappa shape index (κ2) is 8.61. The first-order valence-electron chi connectivity index (χ1n) is 9.40. The van der Waals surface area contributed by atoms with Gasteiger partial charge in [-0.2, -0.15) is 0 Å². The molecule has 0 fully saturated rings. The summed E-state index contributed by atoms with van der Waals surface area (Å²) in [5.41, 5.74) is 8.54. The van der Waals surface area contributed by atoms with Gasteiger partial charge in [0.15, 0.2) is 0 Å². The van der Waals surface area contributed by atoms with Crippen LogP contribution in [0.1, 0.15) is 27.0 Å². The van der Waals surface area contributed by atoms with Gasteiger partial charge in [-0.1, -0.05) is 12.1 Å². The summed E-state index contributed by atoms with van der Waals surface area (Å²) in [6.07, 6.45) is 1.27. The minimum atomic E-state index is -1.05. The van der Waals surface area contributed by atoms with Gasteiger partial charge in [0, 0.05) is 23.2 Å². The molecule has 0 bridgehead atoms. The van der Waals surface area contributed by atoms with E-state index in [9.17, 15) is 14.3 Å². The normalized spacial score (nSPS) is 10.9. The fraction of sp³-hybridized carbons (Fsp3) is 0.130. The zero-order chi connectivity index (χ0) is 22.0. The molecule has 2 heterocycles. The Bertz CT molecular complexity index is 1270. The summed E-state index contributed by atoms with van der Waals surface area (Å²) in [6, 6.07) is 11.7. The molecule has 6 nitrogen and oxygen atoms in total. The van der Waals surface area contributed by atoms with E-state index in [1.54, 1.807) is 18.2 Å². The SMILES string of the molecule is Cc1cc(OCc2cccc(F)c2)cc(OCc2csc3c(C(=O)O)cnc(N)c23)c1. The largest absolute Gasteiger partial charge is 0.489 e. The van der Waals surface area contributed by atoms with Crippen molar-refractivity contribution in [2.24, 2.45) is 0 Å². The molecule has 0 aliphatic carbocycles. The van der Waals surface area contributed by atoms with Gasteiger partial charge in [-0.25, -0.2) is 14.2 Å². The molecule has 0 saturated carbocycles. The molecule has 0 aliphatic heterocycles. The maximum Gasteiger partial charge on any atom is 0.338 e. The minimum absolute atomic E-state index is 0.115. The number of carboxylic acid groups (broad SMARTS) is 1. The van der Waals surface area contributed by atoms with Crippen LogP contribution in [0.2, 0.25) is 0 Å². The Morgan fingerprint density at radius 3 is 2.61 bits per heavy atom. The topological polar surface area (TPSA) is 94.7 Å². The van der Waals surface area contributed by atoms with Gasteiger partial charge in [0.1, 0.15) is 36.3 Å². The Hall–Kier alpha value is -3.65. The molecule has 3 N–H and O–H groups in total. The molecular formula is C23H19FN2O4S. The van der Waals surface area contributed by atoms with Crippen LogP contribution in [0.5, 0.6) is 11.5 Å². The van der Waals surface area contributed by atoms with Gasteiger partial charge in [0.2, 0.25) is 0 Å². The van der Waals surface area contributed by atoms with Crippen LogP contribution in [0.15, 0.2) is 54.0 Å². The van der Waals surface area contributed by atoms with Crippen molar-refractivity contribution >= 4 is 33.2 Å². The maximum absolute atomic E-state index is 13.3. The molecule has 2 aromatic heterocycles. The van der Waals surface area contributed by atoms with Crippen molar-refractivity contribution in [2.45, 2.75) is 20.1 Å². The van der Waals surface area contributed by atoms with Crippen molar-refractivity contribution in [3.05, 3.63) is 82.1 Å². The summed E-state index contributed by atoms with van der Waals surface area (Å²) in [4.78, 5) is 15.4. The van der Waals surface area contributed by atoms with Gasteiger partial charge in [-0.3, -0.25) is 0 Å². The van der Waals surface area contributed by atoms with Crippen LogP contribution in [-0.4, -0.2) is 16.1 Å². The Labute approximate surface area is 181 Å². The second-order valence-corrected chi connectivity index (χ2v) is 7.90. The number of thiophene rings is 1. The second-order valence-electron chi connectivity index (χ2n) is 7.02. The van der Waals surface area contributed by atoms with Crippen molar-refractivity contribution in [1.82, 2.24) is 4.98 Å². The number of hydrogen-bond acceptors (Lipinski definition) is 6. The summed E-state index contributed by atoms with van der Waals surface area (Å²) < 4.78 is 25.7. The van der Waals surface area contributed by atoms with Crippen molar-refractivity contribution < 1.29 is 23.8 Å². The molecule has 4 aromatic rings. The number of aryl methyl sites for hydroxylation is 1. The molecule has 0 amide bonds. The molecule has 0 aliphatic rings. The number of nitrogens with two attached hydrogens (primary N) is 1. The molecular weight excluding hydrogens is 419 g/mol. The third-order valence-corrected chi connectivity index (χ3v) is 5.71. The fourth-order valence-electron chi connectivity index (χ4n) is 3.22. The predicted octanol–water partition coefficient (Wildman–Crippen LogP) is 5.18. The van der Waals surface area contributed by atoms with E-state index in [0.717, 1.165) is 16.7 Å². The van der Waals surface area contributed by atoms with E-state index >= 15 is 0 Å². The summed E-state index contributed by atoms with van der Waals surface area (Å²) in [5.74, 6) is 0.101. The van der Waals surface area contributed by atoms with E-state index in [4.69, 9.17) is 15.2 Å². The third-order valence-electron chi connectivity index (χ3n) is 4.64. The number of anilines is 1. The first kappa shape index (κ1) is 20.6. The number of hydrogen-bond donors (Lipinski definition) is 2. The number of rotatable bonds is 7. The van der Waals surface area contributed by atoms with Gasteiger partial charge in [-0.15, -0.1) is 11.3 Å². The smallest absolute Gasteiger partial charge is 0.338 e. The van der Waals surface area contributed by atoms with E-state index in [1.807, 2.05) is 24.4 Å². The van der Waals surface area contributed by atoms with Crippen LogP contribution < -0.4 is 15.2 Å². The quantitative estimate of drug-likeness (QED) is 0.413. The van der Waals surface area contributed by atoms with E-state index in [2.05, 4.69) is 4.98 Å². The zero-order valence-electron chi connectivity index (χ0n) is 16.6. The third kappa shape index (κ3) is 4.59. The average Bonchev–Trinajstić information content (AvgIpc) is 3.15. The molecule has 0 unspecified atom stereocenters. The van der Waals surface area contributed by atoms with Crippen LogP contribution in [0.4, 0.5) is 10.2 Å². The van der Waals surface area contributed by atoms with Gasteiger partial charge in [0.05, 0.1) is 10.3 Å². The minimum Gasteiger partial charge on any atom is -0.489 e. The monoisotopic (exact) mass is 438 g/mol. The van der Waals surface area contributed by atoms with Gasteiger partial charge >= 0.3 is 5.97 Å². The lowest BCUT2D eigenvalue weighted by Crippen LogP contribution is -2.02. The number of halogens is 1. The fourth-order valence-corrected chi connectivity index (χ4v) is 4.29. The molecule has 2 aromatic carbocycles. The number of carbonyl (C=O) groups is 1. The van der Waals surface area contributed by atoms with Crippen LogP contribution >= 0.6 is 11.3 Å². The van der Waals surface area contributed by atoms with Crippen molar-refractivity contribution in [3.63, 3.8) is 0 Å². The lowest BCUT2D eigenvalue weighted by molar-refractivity contribution is 0.0699. The number of aromatic nitrogens is 1. The van der Waals surface area contributed by atoms with Gasteiger partial charge < -0.3 is 20.3 Å². The summed E-state index contributed by atoms with van der Waals surface area (Å²) >= 11 is 1.30. The summed E-state index contributed by atoms with van der Waals surface area (Å²) in [6.45, 7) is 2.35. The molecule has 8 heteroatoms.